The van der Waals surface area contributed by atoms with Crippen LogP contribution in [-0.4, -0.2) is 33.1 Å². The number of hydrogen-bond donors (Lipinski definition) is 0. The number of ether oxygens (including phenoxy) is 1. The van der Waals surface area contributed by atoms with Crippen LogP contribution in [-0.2, 0) is 16.0 Å². The fourth-order valence-electron chi connectivity index (χ4n) is 1.85. The molecule has 0 saturated heterocycles. The molecule has 6 nitrogen and oxygen atoms in total. The van der Waals surface area contributed by atoms with Gasteiger partial charge in [-0.1, -0.05) is 0 Å². The van der Waals surface area contributed by atoms with Gasteiger partial charge in [-0.2, -0.15) is 13.9 Å². The van der Waals surface area contributed by atoms with Gasteiger partial charge in [-0.3, -0.25) is 9.59 Å². The molecule has 2 rings (SSSR count). The van der Waals surface area contributed by atoms with E-state index < -0.39 is 24.7 Å². The van der Waals surface area contributed by atoms with Crippen molar-refractivity contribution in [3.05, 3.63) is 32.4 Å². The Balaban J connectivity index is 2.25. The van der Waals surface area contributed by atoms with Gasteiger partial charge < -0.3 is 4.74 Å². The summed E-state index contributed by atoms with van der Waals surface area (Å²) in [4.78, 5) is 27.7. The van der Waals surface area contributed by atoms with Gasteiger partial charge in [0.05, 0.1) is 11.6 Å². The molecule has 2 heterocycles. The number of esters is 1. The Morgan fingerprint density at radius 1 is 1.48 bits per heavy atom. The first-order valence-corrected chi connectivity index (χ1v) is 8.22. The molecule has 0 unspecified atom stereocenters. The van der Waals surface area contributed by atoms with Crippen LogP contribution < -0.4 is 0 Å². The van der Waals surface area contributed by atoms with E-state index in [9.17, 15) is 18.4 Å². The fourth-order valence-corrected chi connectivity index (χ4v) is 3.14. The minimum absolute atomic E-state index is 0.136. The fraction of sp³-hybridized carbons (Fsp3) is 0.385. The second-order valence-corrected chi connectivity index (χ2v) is 6.16. The number of Topliss-reactive ketones (excluding diaryl/α,β-unsaturated/α-hetero) is 1. The lowest BCUT2D eigenvalue weighted by molar-refractivity contribution is -0.141. The topological polar surface area (TPSA) is 74.1 Å². The predicted octanol–water partition coefficient (Wildman–Crippen LogP) is 3.22. The van der Waals surface area contributed by atoms with Crippen molar-refractivity contribution in [3.8, 4) is 0 Å². The molecular weight excluding hydrogens is 396 g/mol. The first-order valence-electron chi connectivity index (χ1n) is 6.55. The molecule has 10 heteroatoms. The van der Waals surface area contributed by atoms with Crippen LogP contribution in [0.4, 0.5) is 8.78 Å². The number of rotatable bonds is 7. The Kier molecular flexibility index (Phi) is 5.94. The third-order valence-electron chi connectivity index (χ3n) is 2.75. The molecule has 2 aromatic heterocycles. The molecule has 2 aromatic rings. The summed E-state index contributed by atoms with van der Waals surface area (Å²) in [5.74, 6) is -1.37. The van der Waals surface area contributed by atoms with Crippen LogP contribution in [0.25, 0.3) is 0 Å². The molecule has 0 spiro atoms. The van der Waals surface area contributed by atoms with Crippen LogP contribution in [0.5, 0.6) is 0 Å². The van der Waals surface area contributed by atoms with E-state index in [1.807, 2.05) is 0 Å². The van der Waals surface area contributed by atoms with Crippen molar-refractivity contribution in [2.45, 2.75) is 26.3 Å². The molecular formula is C13H12BrF2N3O3S. The van der Waals surface area contributed by atoms with Gasteiger partial charge in [0.1, 0.15) is 16.7 Å². The third-order valence-corrected chi connectivity index (χ3v) is 4.31. The highest BCUT2D eigenvalue weighted by Gasteiger charge is 2.23. The van der Waals surface area contributed by atoms with Gasteiger partial charge in [-0.05, 0) is 22.9 Å². The monoisotopic (exact) mass is 407 g/mol. The minimum atomic E-state index is -2.87. The van der Waals surface area contributed by atoms with Gasteiger partial charge in [0.2, 0.25) is 0 Å². The highest BCUT2D eigenvalue weighted by Crippen LogP contribution is 2.22. The Hall–Kier alpha value is -1.68. The second kappa shape index (κ2) is 7.73. The van der Waals surface area contributed by atoms with E-state index >= 15 is 0 Å². The molecule has 0 fully saturated rings. The van der Waals surface area contributed by atoms with E-state index in [0.717, 1.165) is 6.20 Å². The molecule has 0 aliphatic carbocycles. The Morgan fingerprint density at radius 2 is 2.22 bits per heavy atom. The molecule has 0 saturated carbocycles. The highest BCUT2D eigenvalue weighted by molar-refractivity contribution is 9.10. The largest absolute Gasteiger partial charge is 0.466 e. The van der Waals surface area contributed by atoms with Gasteiger partial charge in [-0.15, -0.1) is 11.3 Å². The molecule has 0 N–H and O–H groups in total. The van der Waals surface area contributed by atoms with E-state index in [0.29, 0.717) is 19.9 Å². The van der Waals surface area contributed by atoms with Crippen molar-refractivity contribution in [3.63, 3.8) is 0 Å². The summed E-state index contributed by atoms with van der Waals surface area (Å²) in [5.41, 5.74) is 0.131. The van der Waals surface area contributed by atoms with Gasteiger partial charge in [0, 0.05) is 23.6 Å². The van der Waals surface area contributed by atoms with E-state index in [-0.39, 0.29) is 18.7 Å². The average molecular weight is 408 g/mol. The number of halogens is 3. The first-order chi connectivity index (χ1) is 10.9. The SMILES string of the molecule is CCOC(=O)CC(=O)c1nn(C(F)F)cc1Cc1nc(Br)cs1. The van der Waals surface area contributed by atoms with Crippen LogP contribution in [0.2, 0.25) is 0 Å². The number of hydrogen-bond acceptors (Lipinski definition) is 6. The van der Waals surface area contributed by atoms with Crippen LogP contribution in [0.15, 0.2) is 16.2 Å². The molecule has 0 atom stereocenters. The lowest BCUT2D eigenvalue weighted by Crippen LogP contribution is -2.13. The molecule has 124 valence electrons. The Bertz CT molecular complexity index is 717. The molecule has 0 amide bonds. The van der Waals surface area contributed by atoms with Crippen molar-refractivity contribution in [2.24, 2.45) is 0 Å². The van der Waals surface area contributed by atoms with Gasteiger partial charge in [0.25, 0.3) is 0 Å². The van der Waals surface area contributed by atoms with Crippen molar-refractivity contribution in [1.29, 1.82) is 0 Å². The summed E-state index contributed by atoms with van der Waals surface area (Å²) in [7, 11) is 0. The van der Waals surface area contributed by atoms with Gasteiger partial charge >= 0.3 is 12.5 Å². The summed E-state index contributed by atoms with van der Waals surface area (Å²) >= 11 is 4.52. The highest BCUT2D eigenvalue weighted by atomic mass is 79.9. The predicted molar refractivity (Wildman–Crippen MR) is 81.7 cm³/mol. The Labute approximate surface area is 142 Å². The number of carbonyl (C=O) groups is 2. The molecule has 0 radical (unpaired) electrons. The summed E-state index contributed by atoms with van der Waals surface area (Å²) in [6, 6.07) is 0. The zero-order valence-corrected chi connectivity index (χ0v) is 14.4. The van der Waals surface area contributed by atoms with Crippen LogP contribution in [0.3, 0.4) is 0 Å². The molecule has 0 aliphatic heterocycles. The third kappa shape index (κ3) is 4.64. The number of carbonyl (C=O) groups excluding carboxylic acids is 2. The van der Waals surface area contributed by atoms with Crippen LogP contribution in [0.1, 0.15) is 41.0 Å². The van der Waals surface area contributed by atoms with E-state index in [1.54, 1.807) is 12.3 Å². The zero-order chi connectivity index (χ0) is 17.0. The average Bonchev–Trinajstić information content (AvgIpc) is 3.06. The summed E-state index contributed by atoms with van der Waals surface area (Å²) in [6.45, 7) is -1.13. The first kappa shape index (κ1) is 17.7. The maximum atomic E-state index is 12.8. The van der Waals surface area contributed by atoms with E-state index in [1.165, 1.54) is 11.3 Å². The second-order valence-electron chi connectivity index (χ2n) is 4.41. The lowest BCUT2D eigenvalue weighted by atomic mass is 10.1. The Morgan fingerprint density at radius 3 is 2.78 bits per heavy atom. The standard InChI is InChI=1S/C13H12BrF2N3O3S/c1-2-22-11(21)4-8(20)12-7(5-19(18-12)13(15)16)3-10-17-9(14)6-23-10/h5-6,13H,2-4H2,1H3. The number of aromatic nitrogens is 3. The molecule has 0 aromatic carbocycles. The number of nitrogens with zero attached hydrogens (tertiary/aromatic N) is 3. The summed E-state index contributed by atoms with van der Waals surface area (Å²) in [6.07, 6.45) is 0.730. The maximum absolute atomic E-state index is 12.8. The smallest absolute Gasteiger partial charge is 0.333 e. The zero-order valence-electron chi connectivity index (χ0n) is 12.0. The van der Waals surface area contributed by atoms with Crippen molar-refractivity contribution >= 4 is 39.0 Å². The van der Waals surface area contributed by atoms with Crippen molar-refractivity contribution in [1.82, 2.24) is 14.8 Å². The minimum Gasteiger partial charge on any atom is -0.466 e. The van der Waals surface area contributed by atoms with Gasteiger partial charge in [0.15, 0.2) is 5.78 Å². The maximum Gasteiger partial charge on any atom is 0.333 e. The number of thiazole rings is 1. The molecule has 0 aliphatic rings. The quantitative estimate of drug-likeness (QED) is 0.400. The van der Waals surface area contributed by atoms with Crippen LogP contribution >= 0.6 is 27.3 Å². The van der Waals surface area contributed by atoms with E-state index in [4.69, 9.17) is 4.74 Å². The molecule has 23 heavy (non-hydrogen) atoms. The lowest BCUT2D eigenvalue weighted by Gasteiger charge is -2.01. The molecule has 0 bridgehead atoms. The summed E-state index contributed by atoms with van der Waals surface area (Å²) < 4.78 is 31.4. The van der Waals surface area contributed by atoms with E-state index in [2.05, 4.69) is 26.0 Å². The van der Waals surface area contributed by atoms with Crippen LogP contribution in [0, 0.1) is 0 Å². The number of alkyl halides is 2. The number of ketones is 1. The van der Waals surface area contributed by atoms with Crippen molar-refractivity contribution < 1.29 is 23.1 Å². The summed E-state index contributed by atoms with van der Waals surface area (Å²) in [5, 5.41) is 5.98. The van der Waals surface area contributed by atoms with Gasteiger partial charge in [-0.25, -0.2) is 9.67 Å². The normalized spacial score (nSPS) is 11.0. The van der Waals surface area contributed by atoms with Crippen molar-refractivity contribution in [2.75, 3.05) is 6.61 Å².